The number of carbonyl (C=O) groups is 2. The first-order valence-corrected chi connectivity index (χ1v) is 8.98. The van der Waals surface area contributed by atoms with Gasteiger partial charge >= 0.3 is 0 Å². The second-order valence-corrected chi connectivity index (χ2v) is 6.89. The van der Waals surface area contributed by atoms with E-state index in [2.05, 4.69) is 5.32 Å². The van der Waals surface area contributed by atoms with Gasteiger partial charge in [0, 0.05) is 12.6 Å². The molecule has 1 aromatic carbocycles. The van der Waals surface area contributed by atoms with E-state index in [0.29, 0.717) is 6.54 Å². The van der Waals surface area contributed by atoms with Gasteiger partial charge in [0.15, 0.2) is 0 Å². The van der Waals surface area contributed by atoms with Crippen LogP contribution in [0.5, 0.6) is 0 Å². The SMILES string of the molecule is O=C(NC1CCCCC1)[C@@H]1CCCN1C(=O)Cc1ccc(F)cc1. The minimum atomic E-state index is -0.347. The quantitative estimate of drug-likeness (QED) is 0.922. The summed E-state index contributed by atoms with van der Waals surface area (Å²) in [6.45, 7) is 0.628. The van der Waals surface area contributed by atoms with E-state index >= 15 is 0 Å². The van der Waals surface area contributed by atoms with Gasteiger partial charge < -0.3 is 10.2 Å². The molecular weight excluding hydrogens is 307 g/mol. The van der Waals surface area contributed by atoms with Crippen LogP contribution in [0.4, 0.5) is 4.39 Å². The number of nitrogens with one attached hydrogen (secondary N) is 1. The highest BCUT2D eigenvalue weighted by atomic mass is 19.1. The van der Waals surface area contributed by atoms with Crippen LogP contribution >= 0.6 is 0 Å². The third kappa shape index (κ3) is 4.13. The number of halogens is 1. The van der Waals surface area contributed by atoms with Gasteiger partial charge in [-0.05, 0) is 43.4 Å². The van der Waals surface area contributed by atoms with Crippen LogP contribution in [0.15, 0.2) is 24.3 Å². The molecular formula is C19H25FN2O2. The van der Waals surface area contributed by atoms with Gasteiger partial charge in [0.2, 0.25) is 11.8 Å². The molecule has 3 rings (SSSR count). The number of likely N-dealkylation sites (tertiary alicyclic amines) is 1. The van der Waals surface area contributed by atoms with Gasteiger partial charge in [-0.25, -0.2) is 4.39 Å². The normalized spacial score (nSPS) is 21.7. The first kappa shape index (κ1) is 16.9. The summed E-state index contributed by atoms with van der Waals surface area (Å²) in [4.78, 5) is 26.8. The van der Waals surface area contributed by atoms with E-state index in [1.807, 2.05) is 0 Å². The van der Waals surface area contributed by atoms with Crippen LogP contribution < -0.4 is 5.32 Å². The molecule has 1 aliphatic carbocycles. The van der Waals surface area contributed by atoms with Gasteiger partial charge in [-0.1, -0.05) is 31.4 Å². The first-order valence-electron chi connectivity index (χ1n) is 8.98. The zero-order valence-electron chi connectivity index (χ0n) is 14.0. The maximum absolute atomic E-state index is 13.0. The maximum Gasteiger partial charge on any atom is 0.243 e. The number of hydrogen-bond donors (Lipinski definition) is 1. The molecule has 24 heavy (non-hydrogen) atoms. The van der Waals surface area contributed by atoms with E-state index in [4.69, 9.17) is 0 Å². The molecule has 0 radical (unpaired) electrons. The summed E-state index contributed by atoms with van der Waals surface area (Å²) in [5, 5.41) is 3.13. The van der Waals surface area contributed by atoms with Crippen molar-refractivity contribution in [2.24, 2.45) is 0 Å². The lowest BCUT2D eigenvalue weighted by Crippen LogP contribution is -2.49. The molecule has 1 saturated heterocycles. The molecule has 0 aromatic heterocycles. The lowest BCUT2D eigenvalue weighted by molar-refractivity contribution is -0.138. The molecule has 2 aliphatic rings. The number of amides is 2. The van der Waals surface area contributed by atoms with Gasteiger partial charge in [0.25, 0.3) is 0 Å². The van der Waals surface area contributed by atoms with Crippen molar-refractivity contribution in [3.05, 3.63) is 35.6 Å². The van der Waals surface area contributed by atoms with E-state index in [1.165, 1.54) is 31.4 Å². The van der Waals surface area contributed by atoms with Gasteiger partial charge in [-0.15, -0.1) is 0 Å². The Morgan fingerprint density at radius 3 is 2.46 bits per heavy atom. The second-order valence-electron chi connectivity index (χ2n) is 6.89. The number of nitrogens with zero attached hydrogens (tertiary/aromatic N) is 1. The maximum atomic E-state index is 13.0. The Morgan fingerprint density at radius 1 is 1.04 bits per heavy atom. The predicted molar refractivity (Wildman–Crippen MR) is 89.9 cm³/mol. The van der Waals surface area contributed by atoms with Crippen LogP contribution in [0.2, 0.25) is 0 Å². The van der Waals surface area contributed by atoms with Crippen molar-refractivity contribution in [1.29, 1.82) is 0 Å². The molecule has 0 unspecified atom stereocenters. The summed E-state index contributed by atoms with van der Waals surface area (Å²) in [5.41, 5.74) is 0.778. The van der Waals surface area contributed by atoms with E-state index in [1.54, 1.807) is 17.0 Å². The Balaban J connectivity index is 1.58. The van der Waals surface area contributed by atoms with E-state index in [9.17, 15) is 14.0 Å². The molecule has 5 heteroatoms. The molecule has 2 fully saturated rings. The third-order valence-electron chi connectivity index (χ3n) is 5.10. The van der Waals surface area contributed by atoms with Crippen LogP contribution in [-0.2, 0) is 16.0 Å². The van der Waals surface area contributed by atoms with Gasteiger partial charge in [0.1, 0.15) is 11.9 Å². The highest BCUT2D eigenvalue weighted by molar-refractivity contribution is 5.89. The van der Waals surface area contributed by atoms with Crippen molar-refractivity contribution in [1.82, 2.24) is 10.2 Å². The Morgan fingerprint density at radius 2 is 1.75 bits per heavy atom. The second kappa shape index (κ2) is 7.77. The molecule has 1 aliphatic heterocycles. The summed E-state index contributed by atoms with van der Waals surface area (Å²) < 4.78 is 13.0. The van der Waals surface area contributed by atoms with Gasteiger partial charge in [0.05, 0.1) is 6.42 Å². The first-order chi connectivity index (χ1) is 11.6. The smallest absolute Gasteiger partial charge is 0.243 e. The average Bonchev–Trinajstić information content (AvgIpc) is 3.08. The largest absolute Gasteiger partial charge is 0.352 e. The minimum Gasteiger partial charge on any atom is -0.352 e. The third-order valence-corrected chi connectivity index (χ3v) is 5.10. The number of benzene rings is 1. The van der Waals surface area contributed by atoms with Crippen molar-refractivity contribution < 1.29 is 14.0 Å². The average molecular weight is 332 g/mol. The van der Waals surface area contributed by atoms with E-state index in [0.717, 1.165) is 31.2 Å². The monoisotopic (exact) mass is 332 g/mol. The number of rotatable bonds is 4. The fourth-order valence-corrected chi connectivity index (χ4v) is 3.76. The fourth-order valence-electron chi connectivity index (χ4n) is 3.76. The van der Waals surface area contributed by atoms with Crippen LogP contribution in [0.25, 0.3) is 0 Å². The zero-order chi connectivity index (χ0) is 16.9. The summed E-state index contributed by atoms with van der Waals surface area (Å²) in [6, 6.07) is 5.89. The lowest BCUT2D eigenvalue weighted by Gasteiger charge is -2.28. The molecule has 130 valence electrons. The van der Waals surface area contributed by atoms with Crippen LogP contribution in [0.1, 0.15) is 50.5 Å². The van der Waals surface area contributed by atoms with Crippen LogP contribution in [0, 0.1) is 5.82 Å². The molecule has 0 bridgehead atoms. The Bertz CT molecular complexity index is 582. The van der Waals surface area contributed by atoms with Crippen molar-refractivity contribution in [2.75, 3.05) is 6.54 Å². The topological polar surface area (TPSA) is 49.4 Å². The van der Waals surface area contributed by atoms with Crippen molar-refractivity contribution in [2.45, 2.75) is 63.5 Å². The summed E-state index contributed by atoms with van der Waals surface area (Å²) in [7, 11) is 0. The Hall–Kier alpha value is -1.91. The van der Waals surface area contributed by atoms with Crippen molar-refractivity contribution >= 4 is 11.8 Å². The molecule has 1 saturated carbocycles. The molecule has 4 nitrogen and oxygen atoms in total. The predicted octanol–water partition coefficient (Wildman–Crippen LogP) is 2.81. The van der Waals surface area contributed by atoms with Crippen LogP contribution in [0.3, 0.4) is 0 Å². The molecule has 1 atom stereocenters. The molecule has 1 heterocycles. The van der Waals surface area contributed by atoms with Crippen molar-refractivity contribution in [3.8, 4) is 0 Å². The molecule has 0 spiro atoms. The van der Waals surface area contributed by atoms with Crippen molar-refractivity contribution in [3.63, 3.8) is 0 Å². The lowest BCUT2D eigenvalue weighted by atomic mass is 9.95. The van der Waals surface area contributed by atoms with Gasteiger partial charge in [-0.3, -0.25) is 9.59 Å². The fraction of sp³-hybridized carbons (Fsp3) is 0.579. The highest BCUT2D eigenvalue weighted by Gasteiger charge is 2.34. The number of hydrogen-bond acceptors (Lipinski definition) is 2. The standard InChI is InChI=1S/C19H25FN2O2/c20-15-10-8-14(9-11-15)13-18(23)22-12-4-7-17(22)19(24)21-16-5-2-1-3-6-16/h8-11,16-17H,1-7,12-13H2,(H,21,24)/t17-/m0/s1. The minimum absolute atomic E-state index is 0.00754. The summed E-state index contributed by atoms with van der Waals surface area (Å²) in [5.74, 6) is -0.369. The summed E-state index contributed by atoms with van der Waals surface area (Å²) in [6.07, 6.45) is 7.48. The molecule has 1 aromatic rings. The Labute approximate surface area is 142 Å². The highest BCUT2D eigenvalue weighted by Crippen LogP contribution is 2.22. The number of carbonyl (C=O) groups excluding carboxylic acids is 2. The van der Waals surface area contributed by atoms with Crippen LogP contribution in [-0.4, -0.2) is 35.3 Å². The zero-order valence-corrected chi connectivity index (χ0v) is 14.0. The summed E-state index contributed by atoms with van der Waals surface area (Å²) >= 11 is 0. The van der Waals surface area contributed by atoms with E-state index in [-0.39, 0.29) is 36.1 Å². The van der Waals surface area contributed by atoms with E-state index < -0.39 is 0 Å². The molecule has 2 amide bonds. The molecule has 1 N–H and O–H groups in total. The Kier molecular flexibility index (Phi) is 5.48. The van der Waals surface area contributed by atoms with Gasteiger partial charge in [-0.2, -0.15) is 0 Å².